The molecular weight excluding hydrogens is 190 g/mol. The fourth-order valence-corrected chi connectivity index (χ4v) is 1.00. The molecule has 0 spiro atoms. The van der Waals surface area contributed by atoms with Gasteiger partial charge in [-0.15, -0.1) is 0 Å². The maximum atomic E-state index is 5.68. The summed E-state index contributed by atoms with van der Waals surface area (Å²) in [7, 11) is 0. The van der Waals surface area contributed by atoms with Gasteiger partial charge in [0.2, 0.25) is 0 Å². The molecule has 15 heavy (non-hydrogen) atoms. The summed E-state index contributed by atoms with van der Waals surface area (Å²) in [6.45, 7) is 10.4. The van der Waals surface area contributed by atoms with Crippen molar-refractivity contribution in [1.29, 1.82) is 0 Å². The summed E-state index contributed by atoms with van der Waals surface area (Å²) in [4.78, 5) is 4.17. The van der Waals surface area contributed by atoms with E-state index in [1.54, 1.807) is 0 Å². The number of rotatable bonds is 6. The van der Waals surface area contributed by atoms with Crippen molar-refractivity contribution in [3.63, 3.8) is 0 Å². The molecule has 0 bridgehead atoms. The topological polar surface area (TPSA) is 59.6 Å². The lowest BCUT2D eigenvalue weighted by Crippen LogP contribution is -2.45. The van der Waals surface area contributed by atoms with E-state index in [9.17, 15) is 0 Å². The van der Waals surface area contributed by atoms with Crippen LogP contribution in [-0.4, -0.2) is 31.3 Å². The van der Waals surface area contributed by atoms with E-state index >= 15 is 0 Å². The zero-order valence-electron chi connectivity index (χ0n) is 10.5. The summed E-state index contributed by atoms with van der Waals surface area (Å²) in [6, 6.07) is 0. The zero-order chi connectivity index (χ0) is 11.7. The third kappa shape index (κ3) is 11.2. The zero-order valence-corrected chi connectivity index (χ0v) is 10.5. The lowest BCUT2D eigenvalue weighted by atomic mass is 10.1. The van der Waals surface area contributed by atoms with Crippen LogP contribution in [-0.2, 0) is 4.74 Å². The molecule has 0 heterocycles. The van der Waals surface area contributed by atoms with Crippen LogP contribution < -0.4 is 11.1 Å². The molecule has 0 radical (unpaired) electrons. The van der Waals surface area contributed by atoms with Gasteiger partial charge >= 0.3 is 0 Å². The Morgan fingerprint density at radius 1 is 1.33 bits per heavy atom. The van der Waals surface area contributed by atoms with Gasteiger partial charge in [-0.1, -0.05) is 13.3 Å². The Hall–Kier alpha value is -0.770. The number of nitrogens with zero attached hydrogens (tertiary/aromatic N) is 1. The molecule has 4 heteroatoms. The number of aliphatic imine (C=N–C) groups is 1. The van der Waals surface area contributed by atoms with E-state index in [2.05, 4.69) is 17.2 Å². The molecular formula is C11H25N3O. The van der Waals surface area contributed by atoms with Crippen molar-refractivity contribution >= 4 is 5.96 Å². The predicted molar refractivity (Wildman–Crippen MR) is 65.1 cm³/mol. The van der Waals surface area contributed by atoms with Crippen LogP contribution in [0.25, 0.3) is 0 Å². The second-order valence-electron chi connectivity index (χ2n) is 4.61. The Morgan fingerprint density at radius 3 is 2.53 bits per heavy atom. The standard InChI is InChI=1S/C11H25N3O/c1-5-6-8-15-9-7-13-10(12)14-11(2,3)4/h5-9H2,1-4H3,(H3,12,13,14). The van der Waals surface area contributed by atoms with Gasteiger partial charge in [-0.05, 0) is 27.2 Å². The minimum Gasteiger partial charge on any atom is -0.380 e. The Balaban J connectivity index is 3.50. The van der Waals surface area contributed by atoms with Crippen LogP contribution in [0.2, 0.25) is 0 Å². The molecule has 0 aliphatic rings. The van der Waals surface area contributed by atoms with Crippen LogP contribution >= 0.6 is 0 Å². The number of unbranched alkanes of at least 4 members (excludes halogenated alkanes) is 1. The molecule has 0 aromatic carbocycles. The van der Waals surface area contributed by atoms with Gasteiger partial charge in [-0.2, -0.15) is 0 Å². The molecule has 0 amide bonds. The van der Waals surface area contributed by atoms with Gasteiger partial charge in [0, 0.05) is 12.1 Å². The minimum atomic E-state index is -0.0311. The van der Waals surface area contributed by atoms with Gasteiger partial charge in [0.25, 0.3) is 0 Å². The van der Waals surface area contributed by atoms with Gasteiger partial charge in [0.1, 0.15) is 0 Å². The smallest absolute Gasteiger partial charge is 0.189 e. The summed E-state index contributed by atoms with van der Waals surface area (Å²) in [5.41, 5.74) is 5.65. The molecule has 0 rings (SSSR count). The van der Waals surface area contributed by atoms with Crippen LogP contribution in [0.4, 0.5) is 0 Å². The molecule has 0 saturated heterocycles. The molecule has 0 saturated carbocycles. The van der Waals surface area contributed by atoms with E-state index in [1.807, 2.05) is 20.8 Å². The summed E-state index contributed by atoms with van der Waals surface area (Å²) in [6.07, 6.45) is 2.27. The molecule has 0 aromatic rings. The highest BCUT2D eigenvalue weighted by atomic mass is 16.5. The van der Waals surface area contributed by atoms with E-state index in [-0.39, 0.29) is 5.54 Å². The fourth-order valence-electron chi connectivity index (χ4n) is 1.00. The fraction of sp³-hybridized carbons (Fsp3) is 0.909. The number of nitrogens with two attached hydrogens (primary N) is 1. The maximum absolute atomic E-state index is 5.68. The molecule has 0 aliphatic heterocycles. The van der Waals surface area contributed by atoms with Crippen LogP contribution in [0.5, 0.6) is 0 Å². The highest BCUT2D eigenvalue weighted by molar-refractivity contribution is 5.78. The SMILES string of the molecule is CCCCOCCN=C(N)NC(C)(C)C. The van der Waals surface area contributed by atoms with E-state index in [0.717, 1.165) is 19.4 Å². The average molecular weight is 215 g/mol. The summed E-state index contributed by atoms with van der Waals surface area (Å²) in [5, 5.41) is 3.09. The molecule has 0 aromatic heterocycles. The van der Waals surface area contributed by atoms with Gasteiger partial charge in [0.05, 0.1) is 13.2 Å². The molecule has 90 valence electrons. The first kappa shape index (κ1) is 14.2. The average Bonchev–Trinajstić information content (AvgIpc) is 2.08. The highest BCUT2D eigenvalue weighted by Gasteiger charge is 2.09. The first-order valence-corrected chi connectivity index (χ1v) is 5.61. The predicted octanol–water partition coefficient (Wildman–Crippen LogP) is 1.51. The molecule has 4 nitrogen and oxygen atoms in total. The van der Waals surface area contributed by atoms with Gasteiger partial charge in [-0.3, -0.25) is 4.99 Å². The van der Waals surface area contributed by atoms with Crippen molar-refractivity contribution in [1.82, 2.24) is 5.32 Å². The normalized spacial score (nSPS) is 12.9. The second-order valence-corrected chi connectivity index (χ2v) is 4.61. The Bertz CT molecular complexity index is 185. The van der Waals surface area contributed by atoms with E-state index in [4.69, 9.17) is 10.5 Å². The van der Waals surface area contributed by atoms with Crippen molar-refractivity contribution in [2.24, 2.45) is 10.7 Å². The minimum absolute atomic E-state index is 0.0311. The van der Waals surface area contributed by atoms with Crippen LogP contribution in [0, 0.1) is 0 Å². The number of nitrogens with one attached hydrogen (secondary N) is 1. The number of hydrogen-bond donors (Lipinski definition) is 2. The van der Waals surface area contributed by atoms with Crippen molar-refractivity contribution < 1.29 is 4.74 Å². The van der Waals surface area contributed by atoms with Gasteiger partial charge in [-0.25, -0.2) is 0 Å². The van der Waals surface area contributed by atoms with Crippen molar-refractivity contribution in [2.75, 3.05) is 19.8 Å². The second kappa shape index (κ2) is 7.51. The first-order chi connectivity index (χ1) is 6.95. The lowest BCUT2D eigenvalue weighted by molar-refractivity contribution is 0.139. The molecule has 3 N–H and O–H groups in total. The Kier molecular flexibility index (Phi) is 7.13. The summed E-state index contributed by atoms with van der Waals surface area (Å²) in [5.74, 6) is 0.488. The summed E-state index contributed by atoms with van der Waals surface area (Å²) < 4.78 is 5.36. The van der Waals surface area contributed by atoms with Crippen LogP contribution in [0.15, 0.2) is 4.99 Å². The van der Waals surface area contributed by atoms with Crippen LogP contribution in [0.3, 0.4) is 0 Å². The molecule has 0 unspecified atom stereocenters. The van der Waals surface area contributed by atoms with E-state index in [0.29, 0.717) is 19.1 Å². The largest absolute Gasteiger partial charge is 0.380 e. The molecule has 0 aliphatic carbocycles. The van der Waals surface area contributed by atoms with Crippen molar-refractivity contribution in [3.8, 4) is 0 Å². The van der Waals surface area contributed by atoms with E-state index < -0.39 is 0 Å². The van der Waals surface area contributed by atoms with Gasteiger partial charge in [0.15, 0.2) is 5.96 Å². The maximum Gasteiger partial charge on any atom is 0.189 e. The Morgan fingerprint density at radius 2 is 2.00 bits per heavy atom. The third-order valence-electron chi connectivity index (χ3n) is 1.66. The molecule has 0 atom stereocenters. The number of hydrogen-bond acceptors (Lipinski definition) is 2. The Labute approximate surface area is 93.3 Å². The summed E-state index contributed by atoms with van der Waals surface area (Å²) >= 11 is 0. The molecule has 0 fully saturated rings. The first-order valence-electron chi connectivity index (χ1n) is 5.61. The lowest BCUT2D eigenvalue weighted by Gasteiger charge is -2.20. The quantitative estimate of drug-likeness (QED) is 0.401. The van der Waals surface area contributed by atoms with E-state index in [1.165, 1.54) is 0 Å². The number of ether oxygens (including phenoxy) is 1. The monoisotopic (exact) mass is 215 g/mol. The van der Waals surface area contributed by atoms with Gasteiger partial charge < -0.3 is 15.8 Å². The van der Waals surface area contributed by atoms with Crippen molar-refractivity contribution in [3.05, 3.63) is 0 Å². The number of guanidine groups is 1. The third-order valence-corrected chi connectivity index (χ3v) is 1.66. The van der Waals surface area contributed by atoms with Crippen LogP contribution in [0.1, 0.15) is 40.5 Å². The van der Waals surface area contributed by atoms with Crippen molar-refractivity contribution in [2.45, 2.75) is 46.1 Å². The highest BCUT2D eigenvalue weighted by Crippen LogP contribution is 1.96.